The molecule has 90 valence electrons. The Morgan fingerprint density at radius 1 is 1.31 bits per heavy atom. The van der Waals surface area contributed by atoms with Crippen molar-refractivity contribution < 1.29 is 0 Å². The van der Waals surface area contributed by atoms with Crippen LogP contribution in [0.3, 0.4) is 0 Å². The van der Waals surface area contributed by atoms with E-state index in [4.69, 9.17) is 0 Å². The van der Waals surface area contributed by atoms with Gasteiger partial charge in [-0.2, -0.15) is 0 Å². The lowest BCUT2D eigenvalue weighted by Crippen LogP contribution is -2.27. The van der Waals surface area contributed by atoms with Gasteiger partial charge in [0.05, 0.1) is 0 Å². The summed E-state index contributed by atoms with van der Waals surface area (Å²) in [5.41, 5.74) is 0. The van der Waals surface area contributed by atoms with E-state index in [0.717, 1.165) is 11.0 Å². The maximum atomic E-state index is 3.51. The molecule has 3 heteroatoms. The second-order valence-electron chi connectivity index (χ2n) is 3.95. The van der Waals surface area contributed by atoms with Gasteiger partial charge in [-0.3, -0.25) is 0 Å². The molecule has 1 atom stereocenters. The van der Waals surface area contributed by atoms with Crippen molar-refractivity contribution in [2.24, 2.45) is 0 Å². The Morgan fingerprint density at radius 3 is 2.62 bits per heavy atom. The summed E-state index contributed by atoms with van der Waals surface area (Å²) in [5.74, 6) is 1.18. The van der Waals surface area contributed by atoms with Crippen LogP contribution in [0.2, 0.25) is 0 Å². The molecule has 0 aliphatic carbocycles. The molecule has 0 aliphatic rings. The molecule has 0 heterocycles. The third kappa shape index (κ3) is 5.92. The quantitative estimate of drug-likeness (QED) is 0.753. The first-order valence-corrected chi connectivity index (χ1v) is 7.62. The lowest BCUT2D eigenvalue weighted by Gasteiger charge is -2.12. The second-order valence-corrected chi connectivity index (χ2v) is 6.03. The fraction of sp³-hybridized carbons (Fsp3) is 0.538. The summed E-state index contributed by atoms with van der Waals surface area (Å²) in [6, 6.07) is 9.16. The highest BCUT2D eigenvalue weighted by atomic mass is 79.9. The van der Waals surface area contributed by atoms with Crippen LogP contribution in [0.1, 0.15) is 26.7 Å². The third-order valence-corrected chi connectivity index (χ3v) is 3.95. The molecule has 0 bridgehead atoms. The molecule has 0 spiro atoms. The average molecular weight is 302 g/mol. The van der Waals surface area contributed by atoms with E-state index in [1.807, 2.05) is 11.8 Å². The zero-order chi connectivity index (χ0) is 11.8. The molecule has 0 amide bonds. The molecule has 0 saturated heterocycles. The monoisotopic (exact) mass is 301 g/mol. The molecule has 1 nitrogen and oxygen atoms in total. The van der Waals surface area contributed by atoms with Crippen LogP contribution in [0.5, 0.6) is 0 Å². The Kier molecular flexibility index (Phi) is 7.17. The van der Waals surface area contributed by atoms with Crippen LogP contribution in [0, 0.1) is 0 Å². The van der Waals surface area contributed by atoms with Crippen molar-refractivity contribution in [1.29, 1.82) is 0 Å². The normalized spacial score (nSPS) is 12.7. The number of nitrogens with one attached hydrogen (secondary N) is 1. The minimum atomic E-state index is 0.628. The molecule has 1 N–H and O–H groups in total. The van der Waals surface area contributed by atoms with E-state index < -0.39 is 0 Å². The van der Waals surface area contributed by atoms with Gasteiger partial charge >= 0.3 is 0 Å². The first-order chi connectivity index (χ1) is 7.72. The summed E-state index contributed by atoms with van der Waals surface area (Å²) in [6.45, 7) is 5.60. The Morgan fingerprint density at radius 2 is 2.00 bits per heavy atom. The zero-order valence-corrected chi connectivity index (χ0v) is 12.4. The van der Waals surface area contributed by atoms with Gasteiger partial charge in [-0.15, -0.1) is 11.8 Å². The number of thioether (sulfide) groups is 1. The predicted molar refractivity (Wildman–Crippen MR) is 77.2 cm³/mol. The summed E-state index contributed by atoms with van der Waals surface area (Å²) in [5, 5.41) is 3.51. The van der Waals surface area contributed by atoms with Crippen molar-refractivity contribution >= 4 is 27.7 Å². The standard InChI is InChI=1S/C13H20BrNS/c1-3-9-15-11(2)8-10-16-13-6-4-12(14)5-7-13/h4-7,11,15H,3,8-10H2,1-2H3. The number of hydrogen-bond donors (Lipinski definition) is 1. The average Bonchev–Trinajstić information content (AvgIpc) is 2.29. The van der Waals surface area contributed by atoms with Gasteiger partial charge in [0.15, 0.2) is 0 Å². The van der Waals surface area contributed by atoms with Crippen LogP contribution in [0.25, 0.3) is 0 Å². The van der Waals surface area contributed by atoms with Gasteiger partial charge in [-0.1, -0.05) is 22.9 Å². The molecule has 0 radical (unpaired) electrons. The molecule has 0 fully saturated rings. The molecular formula is C13H20BrNS. The minimum Gasteiger partial charge on any atom is -0.314 e. The molecule has 1 aromatic rings. The Bertz CT molecular complexity index is 286. The van der Waals surface area contributed by atoms with Crippen LogP contribution in [0.4, 0.5) is 0 Å². The molecule has 0 aliphatic heterocycles. The van der Waals surface area contributed by atoms with Crippen molar-refractivity contribution in [3.63, 3.8) is 0 Å². The van der Waals surface area contributed by atoms with Crippen LogP contribution in [-0.4, -0.2) is 18.3 Å². The number of benzene rings is 1. The van der Waals surface area contributed by atoms with Gasteiger partial charge in [0.1, 0.15) is 0 Å². The van der Waals surface area contributed by atoms with Crippen molar-refractivity contribution in [2.75, 3.05) is 12.3 Å². The Balaban J connectivity index is 2.17. The fourth-order valence-electron chi connectivity index (χ4n) is 1.38. The van der Waals surface area contributed by atoms with Gasteiger partial charge in [-0.25, -0.2) is 0 Å². The molecule has 0 saturated carbocycles. The molecule has 1 aromatic carbocycles. The SMILES string of the molecule is CCCNC(C)CCSc1ccc(Br)cc1. The number of halogens is 1. The van der Waals surface area contributed by atoms with Gasteiger partial charge in [0.25, 0.3) is 0 Å². The van der Waals surface area contributed by atoms with E-state index in [1.54, 1.807) is 0 Å². The summed E-state index contributed by atoms with van der Waals surface area (Å²) in [7, 11) is 0. The number of hydrogen-bond acceptors (Lipinski definition) is 2. The molecule has 0 aromatic heterocycles. The fourth-order valence-corrected chi connectivity index (χ4v) is 2.68. The Labute approximate surface area is 112 Å². The van der Waals surface area contributed by atoms with Crippen LogP contribution in [-0.2, 0) is 0 Å². The molecule has 16 heavy (non-hydrogen) atoms. The topological polar surface area (TPSA) is 12.0 Å². The largest absolute Gasteiger partial charge is 0.314 e. The van der Waals surface area contributed by atoms with Gasteiger partial charge in [0.2, 0.25) is 0 Å². The second kappa shape index (κ2) is 8.15. The van der Waals surface area contributed by atoms with Crippen molar-refractivity contribution in [1.82, 2.24) is 5.32 Å². The highest BCUT2D eigenvalue weighted by Crippen LogP contribution is 2.21. The van der Waals surface area contributed by atoms with Crippen LogP contribution in [0.15, 0.2) is 33.6 Å². The number of rotatable bonds is 7. The maximum Gasteiger partial charge on any atom is 0.0176 e. The van der Waals surface area contributed by atoms with Gasteiger partial charge in [0, 0.05) is 15.4 Å². The highest BCUT2D eigenvalue weighted by Gasteiger charge is 2.00. The van der Waals surface area contributed by atoms with Gasteiger partial charge in [-0.05, 0) is 56.3 Å². The zero-order valence-electron chi connectivity index (χ0n) is 10.0. The molecule has 1 rings (SSSR count). The first kappa shape index (κ1) is 14.1. The summed E-state index contributed by atoms with van der Waals surface area (Å²) >= 11 is 5.38. The smallest absolute Gasteiger partial charge is 0.0176 e. The van der Waals surface area contributed by atoms with Gasteiger partial charge < -0.3 is 5.32 Å². The van der Waals surface area contributed by atoms with Crippen molar-refractivity contribution in [3.8, 4) is 0 Å². The lowest BCUT2D eigenvalue weighted by atomic mass is 10.2. The lowest BCUT2D eigenvalue weighted by molar-refractivity contribution is 0.536. The van der Waals surface area contributed by atoms with Crippen LogP contribution >= 0.6 is 27.7 Å². The van der Waals surface area contributed by atoms with E-state index in [-0.39, 0.29) is 0 Å². The van der Waals surface area contributed by atoms with E-state index in [2.05, 4.69) is 59.4 Å². The minimum absolute atomic E-state index is 0.628. The summed E-state index contributed by atoms with van der Waals surface area (Å²) in [4.78, 5) is 1.35. The van der Waals surface area contributed by atoms with E-state index in [1.165, 1.54) is 23.5 Å². The molecule has 1 unspecified atom stereocenters. The van der Waals surface area contributed by atoms with E-state index >= 15 is 0 Å². The van der Waals surface area contributed by atoms with E-state index in [0.29, 0.717) is 6.04 Å². The highest BCUT2D eigenvalue weighted by molar-refractivity contribution is 9.10. The summed E-state index contributed by atoms with van der Waals surface area (Å²) in [6.07, 6.45) is 2.44. The van der Waals surface area contributed by atoms with Crippen molar-refractivity contribution in [3.05, 3.63) is 28.7 Å². The predicted octanol–water partition coefficient (Wildman–Crippen LogP) is 4.32. The Hall–Kier alpha value is 0.01000. The summed E-state index contributed by atoms with van der Waals surface area (Å²) < 4.78 is 1.15. The first-order valence-electron chi connectivity index (χ1n) is 5.84. The molecular weight excluding hydrogens is 282 g/mol. The van der Waals surface area contributed by atoms with Crippen molar-refractivity contribution in [2.45, 2.75) is 37.6 Å². The third-order valence-electron chi connectivity index (χ3n) is 2.38. The maximum absolute atomic E-state index is 3.51. The van der Waals surface area contributed by atoms with Crippen LogP contribution < -0.4 is 5.32 Å². The van der Waals surface area contributed by atoms with E-state index in [9.17, 15) is 0 Å².